The van der Waals surface area contributed by atoms with E-state index in [2.05, 4.69) is 0 Å². The zero-order valence-electron chi connectivity index (χ0n) is 8.48. The van der Waals surface area contributed by atoms with Crippen LogP contribution < -0.4 is 5.73 Å². The molecule has 2 nitrogen and oxygen atoms in total. The lowest BCUT2D eigenvalue weighted by Gasteiger charge is -2.00. The van der Waals surface area contributed by atoms with Crippen molar-refractivity contribution in [2.45, 2.75) is 20.4 Å². The molecule has 2 N–H and O–H groups in total. The average Bonchev–Trinajstić information content (AvgIpc) is 2.01. The lowest BCUT2D eigenvalue weighted by molar-refractivity contribution is -0.114. The number of halogens is 3. The van der Waals surface area contributed by atoms with E-state index in [-0.39, 0.29) is 17.9 Å². The molecule has 0 saturated heterocycles. The molecule has 0 unspecified atom stereocenters. The van der Waals surface area contributed by atoms with Gasteiger partial charge in [0.25, 0.3) is 0 Å². The van der Waals surface area contributed by atoms with Gasteiger partial charge in [0.1, 0.15) is 23.2 Å². The molecule has 0 bridgehead atoms. The van der Waals surface area contributed by atoms with Gasteiger partial charge in [0.05, 0.1) is 0 Å². The van der Waals surface area contributed by atoms with Crippen LogP contribution in [-0.2, 0) is 11.3 Å². The van der Waals surface area contributed by atoms with E-state index in [1.807, 2.05) is 0 Å². The molecule has 0 saturated carbocycles. The van der Waals surface area contributed by atoms with Gasteiger partial charge in [-0.25, -0.2) is 13.2 Å². The van der Waals surface area contributed by atoms with E-state index in [9.17, 15) is 18.0 Å². The summed E-state index contributed by atoms with van der Waals surface area (Å²) in [6.45, 7) is 2.79. The highest BCUT2D eigenvalue weighted by Crippen LogP contribution is 2.13. The summed E-state index contributed by atoms with van der Waals surface area (Å²) in [5.41, 5.74) is 4.71. The molecule has 0 heterocycles. The Morgan fingerprint density at radius 2 is 1.53 bits per heavy atom. The van der Waals surface area contributed by atoms with Crippen LogP contribution in [0.25, 0.3) is 0 Å². The molecule has 0 fully saturated rings. The van der Waals surface area contributed by atoms with Crippen LogP contribution in [0.5, 0.6) is 0 Å². The Labute approximate surface area is 85.9 Å². The van der Waals surface area contributed by atoms with Gasteiger partial charge in [0.2, 0.25) is 0 Å². The zero-order valence-corrected chi connectivity index (χ0v) is 8.48. The highest BCUT2D eigenvalue weighted by atomic mass is 19.1. The van der Waals surface area contributed by atoms with Crippen LogP contribution in [0.3, 0.4) is 0 Å². The third kappa shape index (κ3) is 5.17. The van der Waals surface area contributed by atoms with Gasteiger partial charge < -0.3 is 10.5 Å². The number of carbonyl (C=O) groups excluding carboxylic acids is 1. The van der Waals surface area contributed by atoms with E-state index in [1.54, 1.807) is 0 Å². The van der Waals surface area contributed by atoms with Gasteiger partial charge in [0.15, 0.2) is 0 Å². The summed E-state index contributed by atoms with van der Waals surface area (Å²) >= 11 is 0. The number of Topliss-reactive ketones (excluding diaryl/α,β-unsaturated/α-hetero) is 1. The van der Waals surface area contributed by atoms with Crippen molar-refractivity contribution in [3.8, 4) is 0 Å². The van der Waals surface area contributed by atoms with Crippen LogP contribution in [0, 0.1) is 17.5 Å². The fourth-order valence-corrected chi connectivity index (χ4v) is 0.767. The zero-order chi connectivity index (χ0) is 12.0. The van der Waals surface area contributed by atoms with Gasteiger partial charge in [-0.15, -0.1) is 0 Å². The van der Waals surface area contributed by atoms with E-state index >= 15 is 0 Å². The predicted molar refractivity (Wildman–Crippen MR) is 50.6 cm³/mol. The topological polar surface area (TPSA) is 43.1 Å². The summed E-state index contributed by atoms with van der Waals surface area (Å²) in [6, 6.07) is 1.20. The fraction of sp³-hybridized carbons (Fsp3) is 0.300. The third-order valence-corrected chi connectivity index (χ3v) is 1.31. The van der Waals surface area contributed by atoms with Crippen LogP contribution in [0.4, 0.5) is 13.2 Å². The summed E-state index contributed by atoms with van der Waals surface area (Å²) in [5.74, 6) is -2.65. The molecule has 1 aromatic carbocycles. The molecule has 84 valence electrons. The summed E-state index contributed by atoms with van der Waals surface area (Å²) < 4.78 is 37.3. The van der Waals surface area contributed by atoms with Crippen molar-refractivity contribution in [2.75, 3.05) is 0 Å². The molecule has 0 amide bonds. The second-order valence-electron chi connectivity index (χ2n) is 2.96. The number of ketones is 1. The number of carbonyl (C=O) groups is 1. The molecule has 0 aliphatic rings. The maximum absolute atomic E-state index is 12.6. The first-order chi connectivity index (χ1) is 6.88. The van der Waals surface area contributed by atoms with E-state index in [1.165, 1.54) is 13.8 Å². The molecule has 1 rings (SSSR count). The van der Waals surface area contributed by atoms with Crippen LogP contribution in [0.1, 0.15) is 19.4 Å². The quantitative estimate of drug-likeness (QED) is 0.786. The molecule has 0 aliphatic carbocycles. The molecular weight excluding hydrogens is 207 g/mol. The van der Waals surface area contributed by atoms with Crippen molar-refractivity contribution in [3.63, 3.8) is 0 Å². The molecular formula is C10H12F3NO. The predicted octanol–water partition coefficient (Wildman–Crippen LogP) is 2.16. The van der Waals surface area contributed by atoms with Gasteiger partial charge in [-0.1, -0.05) is 0 Å². The highest BCUT2D eigenvalue weighted by molar-refractivity contribution is 5.72. The van der Waals surface area contributed by atoms with Gasteiger partial charge >= 0.3 is 0 Å². The fourth-order valence-electron chi connectivity index (χ4n) is 0.767. The van der Waals surface area contributed by atoms with Gasteiger partial charge in [-0.05, 0) is 13.8 Å². The molecule has 0 radical (unpaired) electrons. The Bertz CT molecular complexity index is 326. The Kier molecular flexibility index (Phi) is 5.62. The maximum Gasteiger partial charge on any atom is 0.133 e. The lowest BCUT2D eigenvalue weighted by Crippen LogP contribution is -2.03. The van der Waals surface area contributed by atoms with Crippen molar-refractivity contribution >= 4 is 5.78 Å². The summed E-state index contributed by atoms with van der Waals surface area (Å²) in [7, 11) is 0. The Morgan fingerprint density at radius 1 is 1.20 bits per heavy atom. The van der Waals surface area contributed by atoms with E-state index in [0.717, 1.165) is 0 Å². The standard InChI is InChI=1S/C7H6F3N.C3H6O/c8-4-1-6(9)5(3-11)7(10)2-4;1-3(2)4/h1-2H,3,11H2;1-2H3. The van der Waals surface area contributed by atoms with Crippen LogP contribution >= 0.6 is 0 Å². The first-order valence-electron chi connectivity index (χ1n) is 4.19. The van der Waals surface area contributed by atoms with Crippen LogP contribution in [0.15, 0.2) is 12.1 Å². The monoisotopic (exact) mass is 219 g/mol. The van der Waals surface area contributed by atoms with E-state index < -0.39 is 17.5 Å². The largest absolute Gasteiger partial charge is 0.326 e. The van der Waals surface area contributed by atoms with Crippen molar-refractivity contribution in [1.29, 1.82) is 0 Å². The average molecular weight is 219 g/mol. The number of hydrogen-bond acceptors (Lipinski definition) is 2. The third-order valence-electron chi connectivity index (χ3n) is 1.31. The highest BCUT2D eigenvalue weighted by Gasteiger charge is 2.08. The first-order valence-corrected chi connectivity index (χ1v) is 4.19. The Morgan fingerprint density at radius 3 is 1.80 bits per heavy atom. The molecule has 0 aliphatic heterocycles. The second-order valence-corrected chi connectivity index (χ2v) is 2.96. The van der Waals surface area contributed by atoms with Crippen molar-refractivity contribution in [3.05, 3.63) is 35.1 Å². The number of hydrogen-bond donors (Lipinski definition) is 1. The van der Waals surface area contributed by atoms with Gasteiger partial charge in [-0.2, -0.15) is 0 Å². The van der Waals surface area contributed by atoms with Crippen molar-refractivity contribution in [2.24, 2.45) is 5.73 Å². The number of rotatable bonds is 1. The van der Waals surface area contributed by atoms with Gasteiger partial charge in [-0.3, -0.25) is 0 Å². The molecule has 15 heavy (non-hydrogen) atoms. The molecule has 5 heteroatoms. The number of benzene rings is 1. The van der Waals surface area contributed by atoms with E-state index in [4.69, 9.17) is 5.73 Å². The summed E-state index contributed by atoms with van der Waals surface area (Å²) in [5, 5.41) is 0. The number of nitrogens with two attached hydrogens (primary N) is 1. The lowest BCUT2D eigenvalue weighted by atomic mass is 10.2. The minimum Gasteiger partial charge on any atom is -0.326 e. The van der Waals surface area contributed by atoms with Crippen LogP contribution in [-0.4, -0.2) is 5.78 Å². The molecule has 0 atom stereocenters. The summed E-state index contributed by atoms with van der Waals surface area (Å²) in [6.07, 6.45) is 0. The van der Waals surface area contributed by atoms with E-state index in [0.29, 0.717) is 12.1 Å². The van der Waals surface area contributed by atoms with Crippen molar-refractivity contribution in [1.82, 2.24) is 0 Å². The minimum absolute atomic E-state index is 0.167. The maximum atomic E-state index is 12.6. The molecule has 1 aromatic rings. The second kappa shape index (κ2) is 6.19. The Hall–Kier alpha value is -1.36. The first kappa shape index (κ1) is 13.6. The SMILES string of the molecule is CC(C)=O.NCc1c(F)cc(F)cc1F. The smallest absolute Gasteiger partial charge is 0.133 e. The van der Waals surface area contributed by atoms with Crippen molar-refractivity contribution < 1.29 is 18.0 Å². The van der Waals surface area contributed by atoms with Gasteiger partial charge in [0, 0.05) is 24.2 Å². The minimum atomic E-state index is -0.940. The summed E-state index contributed by atoms with van der Waals surface area (Å²) in [4.78, 5) is 9.44. The normalized spacial score (nSPS) is 9.20. The molecule has 0 aromatic heterocycles. The van der Waals surface area contributed by atoms with Crippen LogP contribution in [0.2, 0.25) is 0 Å². The Balaban J connectivity index is 0.000000423. The molecule has 0 spiro atoms.